The third-order valence-corrected chi connectivity index (χ3v) is 6.15. The molecule has 0 spiro atoms. The Morgan fingerprint density at radius 2 is 2.00 bits per heavy atom. The molecule has 0 amide bonds. The maximum atomic E-state index is 4.58. The third kappa shape index (κ3) is 2.88. The van der Waals surface area contributed by atoms with Crippen LogP contribution in [0.2, 0.25) is 0 Å². The molecular weight excluding hydrogens is 364 g/mol. The second kappa shape index (κ2) is 7.38. The fraction of sp³-hybridized carbons (Fsp3) is 0.143. The van der Waals surface area contributed by atoms with Gasteiger partial charge in [-0.1, -0.05) is 61.2 Å². The highest BCUT2D eigenvalue weighted by atomic mass is 15.0. The van der Waals surface area contributed by atoms with Crippen molar-refractivity contribution in [2.24, 2.45) is 7.05 Å². The van der Waals surface area contributed by atoms with Crippen molar-refractivity contribution < 1.29 is 0 Å². The molecule has 0 fully saturated rings. The van der Waals surface area contributed by atoms with Crippen LogP contribution in [0.1, 0.15) is 46.9 Å². The van der Waals surface area contributed by atoms with Crippen molar-refractivity contribution in [2.75, 3.05) is 5.32 Å². The second-order valence-electron chi connectivity index (χ2n) is 7.94. The molecule has 1 aromatic heterocycles. The van der Waals surface area contributed by atoms with Gasteiger partial charge in [0.05, 0.1) is 5.69 Å². The Morgan fingerprint density at radius 1 is 1.10 bits per heavy atom. The number of nitrogens with one attached hydrogen (secondary N) is 1. The summed E-state index contributed by atoms with van der Waals surface area (Å²) in [6.45, 7) is 6.60. The molecule has 1 N–H and O–H groups in total. The number of fused-ring (bicyclic) bond motifs is 6. The van der Waals surface area contributed by atoms with Crippen molar-refractivity contribution in [3.8, 4) is 0 Å². The Bertz CT molecular complexity index is 1290. The molecule has 2 aliphatic rings. The molecule has 0 saturated heterocycles. The van der Waals surface area contributed by atoms with E-state index in [0.717, 1.165) is 29.7 Å². The van der Waals surface area contributed by atoms with Crippen molar-refractivity contribution in [3.05, 3.63) is 101 Å². The summed E-state index contributed by atoms with van der Waals surface area (Å²) in [7, 11) is 2.15. The van der Waals surface area contributed by atoms with Crippen LogP contribution in [0.3, 0.4) is 0 Å². The number of allylic oxidation sites excluding steroid dienone is 4. The van der Waals surface area contributed by atoms with Crippen LogP contribution in [0.15, 0.2) is 67.4 Å². The Labute approximate surface area is 178 Å². The summed E-state index contributed by atoms with van der Waals surface area (Å²) in [6, 6.07) is 11.1. The molecule has 3 aromatic rings. The van der Waals surface area contributed by atoms with E-state index in [2.05, 4.69) is 84.2 Å². The smallest absolute Gasteiger partial charge is 0.0509 e. The number of benzene rings is 2. The van der Waals surface area contributed by atoms with Crippen molar-refractivity contribution in [3.63, 3.8) is 0 Å². The number of aromatic nitrogens is 1. The predicted octanol–water partition coefficient (Wildman–Crippen LogP) is 7.18. The number of hydrogen-bond donors (Lipinski definition) is 1. The minimum atomic E-state index is 1.07. The van der Waals surface area contributed by atoms with Crippen LogP contribution < -0.4 is 5.32 Å². The van der Waals surface area contributed by atoms with Gasteiger partial charge in [0.1, 0.15) is 0 Å². The summed E-state index contributed by atoms with van der Waals surface area (Å²) >= 11 is 0. The summed E-state index contributed by atoms with van der Waals surface area (Å²) in [5, 5.41) is 4.80. The van der Waals surface area contributed by atoms with Crippen LogP contribution in [0.4, 0.5) is 5.69 Å². The van der Waals surface area contributed by atoms with E-state index in [9.17, 15) is 0 Å². The van der Waals surface area contributed by atoms with Crippen molar-refractivity contribution in [1.29, 1.82) is 0 Å². The maximum absolute atomic E-state index is 4.58. The first kappa shape index (κ1) is 18.5. The van der Waals surface area contributed by atoms with E-state index >= 15 is 0 Å². The Morgan fingerprint density at radius 3 is 2.87 bits per heavy atom. The van der Waals surface area contributed by atoms with Gasteiger partial charge in [0.15, 0.2) is 0 Å². The summed E-state index contributed by atoms with van der Waals surface area (Å²) < 4.78 is 2.29. The van der Waals surface area contributed by atoms with E-state index in [1.54, 1.807) is 0 Å². The number of aryl methyl sites for hydroxylation is 2. The molecule has 0 unspecified atom stereocenters. The lowest BCUT2D eigenvalue weighted by Crippen LogP contribution is -2.02. The van der Waals surface area contributed by atoms with E-state index in [-0.39, 0.29) is 0 Å². The summed E-state index contributed by atoms with van der Waals surface area (Å²) in [6.07, 6.45) is 19.3. The normalized spacial score (nSPS) is 16.3. The minimum Gasteiger partial charge on any atom is -0.361 e. The van der Waals surface area contributed by atoms with E-state index in [1.807, 2.05) is 25.3 Å². The highest BCUT2D eigenvalue weighted by Crippen LogP contribution is 2.42. The molecule has 30 heavy (non-hydrogen) atoms. The van der Waals surface area contributed by atoms with Crippen LogP contribution in [-0.2, 0) is 13.5 Å². The molecule has 1 aliphatic heterocycles. The van der Waals surface area contributed by atoms with Gasteiger partial charge in [-0.15, -0.1) is 0 Å². The van der Waals surface area contributed by atoms with Gasteiger partial charge in [0.25, 0.3) is 0 Å². The number of hydrogen-bond acceptors (Lipinski definition) is 1. The molecule has 0 bridgehead atoms. The minimum absolute atomic E-state index is 1.07. The topological polar surface area (TPSA) is 17.0 Å². The largest absolute Gasteiger partial charge is 0.361 e. The lowest BCUT2D eigenvalue weighted by Gasteiger charge is -2.18. The lowest BCUT2D eigenvalue weighted by atomic mass is 9.88. The molecule has 0 saturated carbocycles. The van der Waals surface area contributed by atoms with Crippen molar-refractivity contribution in [2.45, 2.75) is 19.8 Å². The molecule has 2 heteroatoms. The summed E-state index contributed by atoms with van der Waals surface area (Å²) in [4.78, 5) is 0. The van der Waals surface area contributed by atoms with Crippen LogP contribution >= 0.6 is 0 Å². The molecule has 2 nitrogen and oxygen atoms in total. The molecular formula is C28H26N2. The lowest BCUT2D eigenvalue weighted by molar-refractivity contribution is 0.949. The quantitative estimate of drug-likeness (QED) is 0.458. The first-order valence-corrected chi connectivity index (χ1v) is 10.6. The zero-order chi connectivity index (χ0) is 20.7. The molecule has 0 atom stereocenters. The fourth-order valence-electron chi connectivity index (χ4n) is 4.64. The average Bonchev–Trinajstić information content (AvgIpc) is 3.04. The van der Waals surface area contributed by atoms with E-state index < -0.39 is 0 Å². The molecule has 5 rings (SSSR count). The molecule has 2 aromatic carbocycles. The van der Waals surface area contributed by atoms with Crippen LogP contribution in [0.25, 0.3) is 34.7 Å². The molecule has 1 aliphatic carbocycles. The zero-order valence-electron chi connectivity index (χ0n) is 17.6. The Balaban J connectivity index is 1.73. The van der Waals surface area contributed by atoms with Crippen molar-refractivity contribution in [1.82, 2.24) is 4.57 Å². The van der Waals surface area contributed by atoms with Gasteiger partial charge in [-0.2, -0.15) is 0 Å². The van der Waals surface area contributed by atoms with E-state index in [4.69, 9.17) is 0 Å². The van der Waals surface area contributed by atoms with Gasteiger partial charge in [-0.25, -0.2) is 0 Å². The molecule has 148 valence electrons. The molecule has 2 heterocycles. The van der Waals surface area contributed by atoms with Crippen LogP contribution in [0, 0.1) is 0 Å². The highest BCUT2D eigenvalue weighted by molar-refractivity contribution is 6.07. The first-order valence-electron chi connectivity index (χ1n) is 10.6. The summed E-state index contributed by atoms with van der Waals surface area (Å²) in [5.41, 5.74) is 10.9. The Kier molecular flexibility index (Phi) is 4.55. The Hall–Kier alpha value is -3.52. The standard InChI is InChI=1S/C28H26N2/c1-4-5-6-9-20-12-14-22-19(2)27-26(16-17-29-24(22)18-20)30(3)25-15-13-21-10-7-8-11-23(21)28(25)27/h4-6,8-9,11-18,29H,2,7,10H2,1,3H3/b5-4-,9-6-,17-16-. The monoisotopic (exact) mass is 390 g/mol. The van der Waals surface area contributed by atoms with Gasteiger partial charge >= 0.3 is 0 Å². The van der Waals surface area contributed by atoms with Crippen molar-refractivity contribution >= 4 is 40.4 Å². The molecule has 0 radical (unpaired) electrons. The third-order valence-electron chi connectivity index (χ3n) is 6.15. The van der Waals surface area contributed by atoms with Gasteiger partial charge < -0.3 is 9.88 Å². The van der Waals surface area contributed by atoms with Gasteiger partial charge in [0.2, 0.25) is 0 Å². The van der Waals surface area contributed by atoms with Gasteiger partial charge in [-0.05, 0) is 60.2 Å². The number of anilines is 1. The van der Waals surface area contributed by atoms with E-state index in [0.29, 0.717) is 0 Å². The summed E-state index contributed by atoms with van der Waals surface area (Å²) in [5.74, 6) is 0. The van der Waals surface area contributed by atoms with Gasteiger partial charge in [-0.3, -0.25) is 0 Å². The zero-order valence-corrected chi connectivity index (χ0v) is 17.6. The number of nitrogens with zero attached hydrogens (tertiary/aromatic N) is 1. The maximum Gasteiger partial charge on any atom is 0.0509 e. The SMILES string of the molecule is C=C1c2ccc(/C=C\C=C/C)cc2N/C=C\c2c1c1c3c(ccc1n2C)CCC=C3. The number of rotatable bonds is 2. The van der Waals surface area contributed by atoms with Crippen LogP contribution in [-0.4, -0.2) is 4.57 Å². The van der Waals surface area contributed by atoms with Crippen LogP contribution in [0.5, 0.6) is 0 Å². The highest BCUT2D eigenvalue weighted by Gasteiger charge is 2.23. The fourth-order valence-corrected chi connectivity index (χ4v) is 4.64. The first-order chi connectivity index (χ1) is 14.7. The second-order valence-corrected chi connectivity index (χ2v) is 7.94. The predicted molar refractivity (Wildman–Crippen MR) is 131 cm³/mol. The van der Waals surface area contributed by atoms with Gasteiger partial charge in [0, 0.05) is 41.0 Å². The van der Waals surface area contributed by atoms with E-state index in [1.165, 1.54) is 38.9 Å². The average molecular weight is 391 g/mol.